The van der Waals surface area contributed by atoms with Gasteiger partial charge in [0.25, 0.3) is 5.56 Å². The van der Waals surface area contributed by atoms with Gasteiger partial charge in [-0.25, -0.2) is 9.78 Å². The van der Waals surface area contributed by atoms with Gasteiger partial charge in [-0.2, -0.15) is 4.57 Å². The number of aromatic nitrogens is 4. The van der Waals surface area contributed by atoms with Crippen LogP contribution in [0.2, 0.25) is 10.0 Å². The van der Waals surface area contributed by atoms with Crippen LogP contribution < -0.4 is 11.2 Å². The molecule has 1 aromatic carbocycles. The largest absolute Gasteiger partial charge is 0.344 e. The number of halogens is 2. The molecule has 0 radical (unpaired) electrons. The molecule has 0 saturated carbocycles. The fourth-order valence-corrected chi connectivity index (χ4v) is 2.70. The molecule has 0 atom stereocenters. The SMILES string of the molecule is C#Cn1c(=O)c2c(nc(-c3ccc(Cl)c(Cl)c3)n2C)n(C)c1=O. The minimum absolute atomic E-state index is 0.228. The van der Waals surface area contributed by atoms with Crippen molar-refractivity contribution in [2.45, 2.75) is 0 Å². The first-order chi connectivity index (χ1) is 10.9. The summed E-state index contributed by atoms with van der Waals surface area (Å²) in [7, 11) is 3.17. The summed E-state index contributed by atoms with van der Waals surface area (Å²) in [6, 6.07) is 7.09. The van der Waals surface area contributed by atoms with E-state index in [-0.39, 0.29) is 11.2 Å². The fraction of sp³-hybridized carbons (Fsp3) is 0.133. The minimum atomic E-state index is -0.621. The van der Waals surface area contributed by atoms with Crippen molar-refractivity contribution in [3.8, 4) is 23.9 Å². The van der Waals surface area contributed by atoms with E-state index in [1.54, 1.807) is 29.8 Å². The number of aryl methyl sites for hydroxylation is 2. The summed E-state index contributed by atoms with van der Waals surface area (Å²) in [4.78, 5) is 28.9. The monoisotopic (exact) mass is 348 g/mol. The average Bonchev–Trinajstić information content (AvgIpc) is 2.86. The zero-order chi connectivity index (χ0) is 16.9. The van der Waals surface area contributed by atoms with Gasteiger partial charge in [0.15, 0.2) is 11.2 Å². The Labute approximate surface area is 140 Å². The van der Waals surface area contributed by atoms with Gasteiger partial charge in [-0.3, -0.25) is 9.36 Å². The highest BCUT2D eigenvalue weighted by atomic mass is 35.5. The van der Waals surface area contributed by atoms with Crippen LogP contribution in [0.5, 0.6) is 0 Å². The molecule has 0 aliphatic rings. The van der Waals surface area contributed by atoms with E-state index in [4.69, 9.17) is 29.6 Å². The molecule has 0 saturated heterocycles. The van der Waals surface area contributed by atoms with Crippen molar-refractivity contribution >= 4 is 34.4 Å². The fourth-order valence-electron chi connectivity index (χ4n) is 2.40. The lowest BCUT2D eigenvalue weighted by Gasteiger charge is -2.04. The van der Waals surface area contributed by atoms with Crippen LogP contribution in [0.4, 0.5) is 0 Å². The lowest BCUT2D eigenvalue weighted by molar-refractivity contribution is 0.776. The molecule has 0 N–H and O–H groups in total. The Morgan fingerprint density at radius 1 is 1.13 bits per heavy atom. The topological polar surface area (TPSA) is 61.8 Å². The minimum Gasteiger partial charge on any atom is -0.321 e. The summed E-state index contributed by atoms with van der Waals surface area (Å²) in [5.41, 5.74) is -0.0749. The van der Waals surface area contributed by atoms with Crippen molar-refractivity contribution in [3.05, 3.63) is 49.1 Å². The van der Waals surface area contributed by atoms with Gasteiger partial charge in [0.05, 0.1) is 10.0 Å². The number of nitrogens with zero attached hydrogens (tertiary/aromatic N) is 4. The zero-order valence-electron chi connectivity index (χ0n) is 12.2. The van der Waals surface area contributed by atoms with Crippen molar-refractivity contribution in [2.75, 3.05) is 0 Å². The maximum atomic E-state index is 12.4. The first-order valence-electron chi connectivity index (χ1n) is 6.47. The summed E-state index contributed by atoms with van der Waals surface area (Å²) in [6.07, 6.45) is 5.25. The number of hydrogen-bond acceptors (Lipinski definition) is 3. The molecule has 3 aromatic rings. The lowest BCUT2D eigenvalue weighted by atomic mass is 10.2. The van der Waals surface area contributed by atoms with Crippen LogP contribution in [0.3, 0.4) is 0 Å². The molecule has 0 amide bonds. The summed E-state index contributed by atoms with van der Waals surface area (Å²) >= 11 is 12.0. The standard InChI is InChI=1S/C15H10Cl2N4O2/c1-4-21-14(22)11-13(20(3)15(21)23)18-12(19(11)2)8-5-6-9(16)10(17)7-8/h1,5-7H,2-3H3. The number of benzene rings is 1. The molecule has 116 valence electrons. The number of rotatable bonds is 1. The van der Waals surface area contributed by atoms with Crippen LogP contribution in [-0.4, -0.2) is 18.7 Å². The van der Waals surface area contributed by atoms with E-state index in [1.165, 1.54) is 11.6 Å². The van der Waals surface area contributed by atoms with Crippen LogP contribution in [0.15, 0.2) is 27.8 Å². The Bertz CT molecular complexity index is 1120. The predicted molar refractivity (Wildman–Crippen MR) is 89.9 cm³/mol. The van der Waals surface area contributed by atoms with Crippen molar-refractivity contribution in [1.82, 2.24) is 18.7 Å². The highest BCUT2D eigenvalue weighted by molar-refractivity contribution is 6.42. The van der Waals surface area contributed by atoms with Crippen molar-refractivity contribution in [3.63, 3.8) is 0 Å². The Kier molecular flexibility index (Phi) is 3.55. The maximum absolute atomic E-state index is 12.4. The summed E-state index contributed by atoms with van der Waals surface area (Å²) in [5.74, 6) is 0.473. The van der Waals surface area contributed by atoms with E-state index in [1.807, 2.05) is 0 Å². The zero-order valence-corrected chi connectivity index (χ0v) is 13.7. The highest BCUT2D eigenvalue weighted by Gasteiger charge is 2.19. The van der Waals surface area contributed by atoms with Gasteiger partial charge in [0.2, 0.25) is 0 Å². The summed E-state index contributed by atoms with van der Waals surface area (Å²) < 4.78 is 3.52. The molecule has 0 aliphatic heterocycles. The van der Waals surface area contributed by atoms with E-state index in [2.05, 4.69) is 11.0 Å². The van der Waals surface area contributed by atoms with Gasteiger partial charge in [0, 0.05) is 25.7 Å². The Morgan fingerprint density at radius 2 is 1.83 bits per heavy atom. The van der Waals surface area contributed by atoms with Crippen LogP contribution in [-0.2, 0) is 14.1 Å². The van der Waals surface area contributed by atoms with Crippen molar-refractivity contribution in [1.29, 1.82) is 0 Å². The van der Waals surface area contributed by atoms with Crippen LogP contribution >= 0.6 is 23.2 Å². The molecule has 0 fully saturated rings. The van der Waals surface area contributed by atoms with Crippen molar-refractivity contribution < 1.29 is 0 Å². The number of fused-ring (bicyclic) bond motifs is 1. The number of imidazole rings is 1. The third kappa shape index (κ3) is 2.17. The Hall–Kier alpha value is -2.49. The van der Waals surface area contributed by atoms with E-state index < -0.39 is 11.2 Å². The molecule has 3 rings (SSSR count). The van der Waals surface area contributed by atoms with Gasteiger partial charge in [-0.15, -0.1) is 0 Å². The van der Waals surface area contributed by atoms with E-state index in [9.17, 15) is 9.59 Å². The molecular formula is C15H10Cl2N4O2. The molecule has 8 heteroatoms. The van der Waals surface area contributed by atoms with E-state index >= 15 is 0 Å². The second kappa shape index (κ2) is 5.30. The molecule has 0 aliphatic carbocycles. The first kappa shape index (κ1) is 15.4. The molecular weight excluding hydrogens is 339 g/mol. The van der Waals surface area contributed by atoms with Gasteiger partial charge < -0.3 is 4.57 Å². The van der Waals surface area contributed by atoms with Gasteiger partial charge in [0.1, 0.15) is 5.82 Å². The number of terminal acetylenes is 1. The Balaban J connectivity index is 2.45. The van der Waals surface area contributed by atoms with Crippen LogP contribution in [0.25, 0.3) is 22.6 Å². The van der Waals surface area contributed by atoms with Gasteiger partial charge in [-0.1, -0.05) is 29.6 Å². The van der Waals surface area contributed by atoms with Gasteiger partial charge >= 0.3 is 5.69 Å². The molecule has 2 heterocycles. The van der Waals surface area contributed by atoms with Crippen LogP contribution in [0.1, 0.15) is 0 Å². The van der Waals surface area contributed by atoms with Crippen LogP contribution in [0, 0.1) is 12.5 Å². The van der Waals surface area contributed by atoms with E-state index in [0.29, 0.717) is 26.0 Å². The molecule has 23 heavy (non-hydrogen) atoms. The maximum Gasteiger partial charge on any atom is 0.344 e. The summed E-state index contributed by atoms with van der Waals surface area (Å²) in [5, 5.41) is 0.780. The smallest absolute Gasteiger partial charge is 0.321 e. The lowest BCUT2D eigenvalue weighted by Crippen LogP contribution is -2.37. The molecule has 0 unspecified atom stereocenters. The average molecular weight is 349 g/mol. The quantitative estimate of drug-likeness (QED) is 0.630. The van der Waals surface area contributed by atoms with Crippen molar-refractivity contribution in [2.24, 2.45) is 14.1 Å². The first-order valence-corrected chi connectivity index (χ1v) is 7.23. The normalized spacial score (nSPS) is 10.9. The molecule has 0 bridgehead atoms. The number of hydrogen-bond donors (Lipinski definition) is 0. The second-order valence-corrected chi connectivity index (χ2v) is 5.72. The Morgan fingerprint density at radius 3 is 2.43 bits per heavy atom. The second-order valence-electron chi connectivity index (χ2n) is 4.91. The molecule has 2 aromatic heterocycles. The molecule has 0 spiro atoms. The van der Waals surface area contributed by atoms with E-state index in [0.717, 1.165) is 0 Å². The third-order valence-electron chi connectivity index (χ3n) is 3.59. The molecule has 6 nitrogen and oxygen atoms in total. The summed E-state index contributed by atoms with van der Waals surface area (Å²) in [6.45, 7) is 0. The third-order valence-corrected chi connectivity index (χ3v) is 4.32. The predicted octanol–water partition coefficient (Wildman–Crippen LogP) is 1.85. The van der Waals surface area contributed by atoms with Gasteiger partial charge in [-0.05, 0) is 18.2 Å². The highest BCUT2D eigenvalue weighted by Crippen LogP contribution is 2.28.